The quantitative estimate of drug-likeness (QED) is 0.818. The van der Waals surface area contributed by atoms with Crippen LogP contribution in [0.15, 0.2) is 42.5 Å². The molecule has 1 unspecified atom stereocenters. The zero-order valence-corrected chi connectivity index (χ0v) is 14.0. The van der Waals surface area contributed by atoms with E-state index in [0.29, 0.717) is 13.0 Å². The minimum Gasteiger partial charge on any atom is -0.494 e. The van der Waals surface area contributed by atoms with Gasteiger partial charge in [-0.05, 0) is 55.5 Å². The molecule has 0 aromatic heterocycles. The third kappa shape index (κ3) is 4.59. The number of hydrogen-bond donors (Lipinski definition) is 1. The lowest BCUT2D eigenvalue weighted by Gasteiger charge is -2.17. The van der Waals surface area contributed by atoms with Crippen molar-refractivity contribution in [2.24, 2.45) is 0 Å². The van der Waals surface area contributed by atoms with E-state index < -0.39 is 11.9 Å². The minimum atomic E-state index is -0.795. The fourth-order valence-electron chi connectivity index (χ4n) is 2.75. The van der Waals surface area contributed by atoms with E-state index in [1.165, 1.54) is 0 Å². The molecule has 122 valence electrons. The zero-order valence-electron chi connectivity index (χ0n) is 14.0. The van der Waals surface area contributed by atoms with Crippen LogP contribution in [-0.4, -0.2) is 17.7 Å². The second-order valence-corrected chi connectivity index (χ2v) is 5.95. The molecule has 23 heavy (non-hydrogen) atoms. The highest BCUT2D eigenvalue weighted by Gasteiger charge is 2.22. The molecule has 3 nitrogen and oxygen atoms in total. The summed E-state index contributed by atoms with van der Waals surface area (Å²) in [5, 5.41) is 9.66. The Hall–Kier alpha value is -2.29. The molecule has 0 fully saturated rings. The lowest BCUT2D eigenvalue weighted by molar-refractivity contribution is -0.138. The second-order valence-electron chi connectivity index (χ2n) is 5.95. The fraction of sp³-hybridized carbons (Fsp3) is 0.350. The third-order valence-electron chi connectivity index (χ3n) is 3.91. The average Bonchev–Trinajstić information content (AvgIpc) is 2.51. The number of benzene rings is 2. The number of rotatable bonds is 7. The van der Waals surface area contributed by atoms with E-state index >= 15 is 0 Å². The molecule has 1 N–H and O–H groups in total. The Bertz CT molecular complexity index is 676. The Kier molecular flexibility index (Phi) is 5.80. The summed E-state index contributed by atoms with van der Waals surface area (Å²) < 4.78 is 5.62. The first-order chi connectivity index (χ1) is 11.0. The molecule has 2 aromatic rings. The van der Waals surface area contributed by atoms with Gasteiger partial charge in [-0.3, -0.25) is 4.79 Å². The van der Waals surface area contributed by atoms with Crippen molar-refractivity contribution in [1.29, 1.82) is 0 Å². The molecule has 0 saturated heterocycles. The molecule has 0 aliphatic rings. The predicted molar refractivity (Wildman–Crippen MR) is 92.2 cm³/mol. The average molecular weight is 312 g/mol. The lowest BCUT2D eigenvalue weighted by atomic mass is 9.89. The molecule has 0 radical (unpaired) electrons. The highest BCUT2D eigenvalue weighted by Crippen LogP contribution is 2.27. The van der Waals surface area contributed by atoms with Crippen molar-refractivity contribution in [2.75, 3.05) is 6.61 Å². The molecule has 0 amide bonds. The molecule has 0 aliphatic heterocycles. The molecule has 0 saturated carbocycles. The van der Waals surface area contributed by atoms with Gasteiger partial charge in [0.15, 0.2) is 0 Å². The van der Waals surface area contributed by atoms with Gasteiger partial charge in [-0.25, -0.2) is 0 Å². The standard InChI is InChI=1S/C20H24O3/c1-4-10-23-17-8-9-18(15(3)12-17)19(20(21)22)13-16-7-5-6-14(2)11-16/h5-9,11-12,19H,4,10,13H2,1-3H3,(H,21,22). The van der Waals surface area contributed by atoms with Crippen LogP contribution in [0.4, 0.5) is 0 Å². The van der Waals surface area contributed by atoms with Crippen molar-refractivity contribution in [3.8, 4) is 5.75 Å². The van der Waals surface area contributed by atoms with E-state index in [2.05, 4.69) is 6.92 Å². The number of carboxylic acids is 1. The Labute approximate surface area is 137 Å². The van der Waals surface area contributed by atoms with Crippen molar-refractivity contribution in [3.05, 3.63) is 64.7 Å². The van der Waals surface area contributed by atoms with E-state index in [1.54, 1.807) is 0 Å². The van der Waals surface area contributed by atoms with Crippen LogP contribution in [0.25, 0.3) is 0 Å². The summed E-state index contributed by atoms with van der Waals surface area (Å²) in [4.78, 5) is 11.8. The molecule has 0 bridgehead atoms. The summed E-state index contributed by atoms with van der Waals surface area (Å²) in [6, 6.07) is 13.7. The number of hydrogen-bond acceptors (Lipinski definition) is 2. The van der Waals surface area contributed by atoms with E-state index in [9.17, 15) is 9.90 Å². The van der Waals surface area contributed by atoms with Crippen LogP contribution < -0.4 is 4.74 Å². The lowest BCUT2D eigenvalue weighted by Crippen LogP contribution is -2.16. The zero-order chi connectivity index (χ0) is 16.8. The maximum absolute atomic E-state index is 11.8. The van der Waals surface area contributed by atoms with Gasteiger partial charge in [0.05, 0.1) is 12.5 Å². The van der Waals surface area contributed by atoms with Gasteiger partial charge in [-0.15, -0.1) is 0 Å². The van der Waals surface area contributed by atoms with Crippen LogP contribution in [0.2, 0.25) is 0 Å². The first kappa shape index (κ1) is 17.1. The van der Waals surface area contributed by atoms with Crippen molar-refractivity contribution in [2.45, 2.75) is 39.5 Å². The number of ether oxygens (including phenoxy) is 1. The highest BCUT2D eigenvalue weighted by atomic mass is 16.5. The van der Waals surface area contributed by atoms with Crippen molar-refractivity contribution in [3.63, 3.8) is 0 Å². The molecule has 0 spiro atoms. The van der Waals surface area contributed by atoms with Gasteiger partial charge in [0.2, 0.25) is 0 Å². The smallest absolute Gasteiger partial charge is 0.311 e. The van der Waals surface area contributed by atoms with Gasteiger partial charge < -0.3 is 9.84 Å². The summed E-state index contributed by atoms with van der Waals surface area (Å²) >= 11 is 0. The van der Waals surface area contributed by atoms with Gasteiger partial charge in [-0.2, -0.15) is 0 Å². The van der Waals surface area contributed by atoms with Gasteiger partial charge >= 0.3 is 5.97 Å². The summed E-state index contributed by atoms with van der Waals surface area (Å²) in [5.41, 5.74) is 4.00. The van der Waals surface area contributed by atoms with E-state index in [0.717, 1.165) is 34.4 Å². The van der Waals surface area contributed by atoms with Gasteiger partial charge in [0, 0.05) is 0 Å². The molecule has 1 atom stereocenters. The first-order valence-corrected chi connectivity index (χ1v) is 8.03. The van der Waals surface area contributed by atoms with Crippen molar-refractivity contribution in [1.82, 2.24) is 0 Å². The highest BCUT2D eigenvalue weighted by molar-refractivity contribution is 5.77. The van der Waals surface area contributed by atoms with Crippen molar-refractivity contribution < 1.29 is 14.6 Å². The van der Waals surface area contributed by atoms with Gasteiger partial charge in [0.1, 0.15) is 5.75 Å². The fourth-order valence-corrected chi connectivity index (χ4v) is 2.75. The monoisotopic (exact) mass is 312 g/mol. The third-order valence-corrected chi connectivity index (χ3v) is 3.91. The number of carbonyl (C=O) groups is 1. The van der Waals surface area contributed by atoms with Crippen LogP contribution in [0.5, 0.6) is 5.75 Å². The van der Waals surface area contributed by atoms with Gasteiger partial charge in [-0.1, -0.05) is 42.8 Å². The number of aliphatic carboxylic acids is 1. The number of carboxylic acid groups (broad SMARTS) is 1. The molecule has 2 rings (SSSR count). The Morgan fingerprint density at radius 3 is 2.57 bits per heavy atom. The van der Waals surface area contributed by atoms with Gasteiger partial charge in [0.25, 0.3) is 0 Å². The maximum Gasteiger partial charge on any atom is 0.311 e. The Balaban J connectivity index is 2.25. The summed E-state index contributed by atoms with van der Waals surface area (Å²) in [5.74, 6) is -0.540. The minimum absolute atomic E-state index is 0.493. The molecule has 2 aromatic carbocycles. The van der Waals surface area contributed by atoms with Crippen LogP contribution >= 0.6 is 0 Å². The van der Waals surface area contributed by atoms with Crippen LogP contribution in [0, 0.1) is 13.8 Å². The first-order valence-electron chi connectivity index (χ1n) is 8.03. The second kappa shape index (κ2) is 7.82. The summed E-state index contributed by atoms with van der Waals surface area (Å²) in [7, 11) is 0. The topological polar surface area (TPSA) is 46.5 Å². The van der Waals surface area contributed by atoms with Crippen molar-refractivity contribution >= 4 is 5.97 Å². The molecule has 0 heterocycles. The van der Waals surface area contributed by atoms with E-state index in [-0.39, 0.29) is 0 Å². The normalized spacial score (nSPS) is 12.0. The SMILES string of the molecule is CCCOc1ccc(C(Cc2cccc(C)c2)C(=O)O)c(C)c1. The summed E-state index contributed by atoms with van der Waals surface area (Å²) in [6.45, 7) is 6.69. The largest absolute Gasteiger partial charge is 0.494 e. The molecule has 3 heteroatoms. The Morgan fingerprint density at radius 1 is 1.17 bits per heavy atom. The molecular formula is C20H24O3. The molecule has 0 aliphatic carbocycles. The maximum atomic E-state index is 11.8. The summed E-state index contributed by atoms with van der Waals surface area (Å²) in [6.07, 6.45) is 1.44. The molecular weight excluding hydrogens is 288 g/mol. The van der Waals surface area contributed by atoms with E-state index in [1.807, 2.05) is 56.3 Å². The van der Waals surface area contributed by atoms with Crippen LogP contribution in [0.3, 0.4) is 0 Å². The predicted octanol–water partition coefficient (Wildman–Crippen LogP) is 4.50. The number of aryl methyl sites for hydroxylation is 2. The van der Waals surface area contributed by atoms with E-state index in [4.69, 9.17) is 4.74 Å². The Morgan fingerprint density at radius 2 is 1.96 bits per heavy atom. The van der Waals surface area contributed by atoms with Crippen LogP contribution in [-0.2, 0) is 11.2 Å². The van der Waals surface area contributed by atoms with Crippen LogP contribution in [0.1, 0.15) is 41.5 Å².